The van der Waals surface area contributed by atoms with Crippen LogP contribution in [0.2, 0.25) is 0 Å². The molecule has 1 atom stereocenters. The fraction of sp³-hybridized carbons (Fsp3) is 0.917. The Morgan fingerprint density at radius 3 is 2.53 bits per heavy atom. The molecule has 1 heterocycles. The molecule has 1 unspecified atom stereocenters. The van der Waals surface area contributed by atoms with Crippen LogP contribution in [0.1, 0.15) is 26.2 Å². The molecular weight excluding hydrogens is 220 g/mol. The largest absolute Gasteiger partial charge is 0.394 e. The third kappa shape index (κ3) is 2.46. The average Bonchev–Trinajstić information content (AvgIpc) is 3.04. The van der Waals surface area contributed by atoms with Crippen LogP contribution in [0.25, 0.3) is 0 Å². The summed E-state index contributed by atoms with van der Waals surface area (Å²) >= 11 is 0. The zero-order valence-corrected chi connectivity index (χ0v) is 10.3. The van der Waals surface area contributed by atoms with Gasteiger partial charge >= 0.3 is 0 Å². The van der Waals surface area contributed by atoms with Gasteiger partial charge in [0.15, 0.2) is 0 Å². The summed E-state index contributed by atoms with van der Waals surface area (Å²) in [6.45, 7) is 3.15. The lowest BCUT2D eigenvalue weighted by Gasteiger charge is -2.28. The molecule has 5 heteroatoms. The topological polar surface area (TPSA) is 81.6 Å². The molecule has 0 aromatic heterocycles. The van der Waals surface area contributed by atoms with Gasteiger partial charge in [0.1, 0.15) is 0 Å². The van der Waals surface area contributed by atoms with E-state index in [4.69, 9.17) is 10.2 Å². The number of carbonyl (C=O) groups excluding carboxylic acids is 1. The van der Waals surface area contributed by atoms with Crippen molar-refractivity contribution in [3.05, 3.63) is 0 Å². The summed E-state index contributed by atoms with van der Waals surface area (Å²) < 4.78 is 0. The van der Waals surface area contributed by atoms with Crippen LogP contribution in [0, 0.1) is 11.3 Å². The number of rotatable bonds is 4. The van der Waals surface area contributed by atoms with Gasteiger partial charge in [-0.15, -0.1) is 0 Å². The second-order valence-electron chi connectivity index (χ2n) is 5.74. The zero-order valence-electron chi connectivity index (χ0n) is 10.3. The lowest BCUT2D eigenvalue weighted by Crippen LogP contribution is -2.52. The van der Waals surface area contributed by atoms with E-state index in [1.807, 2.05) is 0 Å². The van der Waals surface area contributed by atoms with E-state index in [1.165, 1.54) is 0 Å². The number of nitrogens with one attached hydrogen (secondary N) is 2. The highest BCUT2D eigenvalue weighted by Crippen LogP contribution is 2.58. The van der Waals surface area contributed by atoms with Gasteiger partial charge in [0.2, 0.25) is 5.91 Å². The Kier molecular flexibility index (Phi) is 3.43. The van der Waals surface area contributed by atoms with Crippen LogP contribution in [-0.4, -0.2) is 48.0 Å². The Balaban J connectivity index is 1.90. The van der Waals surface area contributed by atoms with Crippen molar-refractivity contribution >= 4 is 5.91 Å². The Labute approximate surface area is 102 Å². The first-order valence-electron chi connectivity index (χ1n) is 6.30. The molecule has 1 spiro atoms. The van der Waals surface area contributed by atoms with Crippen molar-refractivity contribution < 1.29 is 15.0 Å². The van der Waals surface area contributed by atoms with Crippen LogP contribution in [0.4, 0.5) is 0 Å². The van der Waals surface area contributed by atoms with Gasteiger partial charge in [0, 0.05) is 5.92 Å². The van der Waals surface area contributed by atoms with Crippen molar-refractivity contribution in [2.75, 3.05) is 26.3 Å². The van der Waals surface area contributed by atoms with Crippen LogP contribution in [0.3, 0.4) is 0 Å². The highest BCUT2D eigenvalue weighted by Gasteiger charge is 2.58. The zero-order chi connectivity index (χ0) is 12.5. The molecule has 0 radical (unpaired) electrons. The van der Waals surface area contributed by atoms with Gasteiger partial charge in [-0.3, -0.25) is 4.79 Å². The van der Waals surface area contributed by atoms with Crippen LogP contribution >= 0.6 is 0 Å². The Hall–Kier alpha value is -0.650. The third-order valence-electron chi connectivity index (χ3n) is 4.23. The molecule has 0 aromatic carbocycles. The number of hydrogen-bond acceptors (Lipinski definition) is 4. The lowest BCUT2D eigenvalue weighted by atomic mass is 9.91. The number of aliphatic hydroxyl groups is 2. The molecule has 2 fully saturated rings. The number of aliphatic hydroxyl groups excluding tert-OH is 2. The molecule has 17 heavy (non-hydrogen) atoms. The highest BCUT2D eigenvalue weighted by atomic mass is 16.3. The SMILES string of the molecule is CC(CO)(CO)NC(=O)C1CC12CCNCC2. The van der Waals surface area contributed by atoms with Gasteiger partial charge in [-0.25, -0.2) is 0 Å². The van der Waals surface area contributed by atoms with Crippen molar-refractivity contribution in [1.29, 1.82) is 0 Å². The number of carbonyl (C=O) groups is 1. The van der Waals surface area contributed by atoms with Gasteiger partial charge < -0.3 is 20.8 Å². The Morgan fingerprint density at radius 2 is 2.00 bits per heavy atom. The highest BCUT2D eigenvalue weighted by molar-refractivity contribution is 5.83. The predicted octanol–water partition coefficient (Wildman–Crippen LogP) is -0.764. The Morgan fingerprint density at radius 1 is 1.41 bits per heavy atom. The molecule has 98 valence electrons. The van der Waals surface area contributed by atoms with E-state index in [0.29, 0.717) is 0 Å². The molecule has 1 saturated carbocycles. The summed E-state index contributed by atoms with van der Waals surface area (Å²) in [7, 11) is 0. The minimum absolute atomic E-state index is 0.0162. The molecule has 0 aromatic rings. The summed E-state index contributed by atoms with van der Waals surface area (Å²) in [5.41, 5.74) is -0.699. The minimum Gasteiger partial charge on any atom is -0.394 e. The second kappa shape index (κ2) is 4.55. The van der Waals surface area contributed by atoms with Crippen molar-refractivity contribution in [3.63, 3.8) is 0 Å². The van der Waals surface area contributed by atoms with Crippen molar-refractivity contribution in [2.24, 2.45) is 11.3 Å². The third-order valence-corrected chi connectivity index (χ3v) is 4.23. The van der Waals surface area contributed by atoms with E-state index in [-0.39, 0.29) is 30.5 Å². The summed E-state index contributed by atoms with van der Waals surface area (Å²) in [6.07, 6.45) is 3.06. The number of piperidine rings is 1. The molecule has 1 aliphatic heterocycles. The van der Waals surface area contributed by atoms with Gasteiger partial charge in [0.25, 0.3) is 0 Å². The van der Waals surface area contributed by atoms with Gasteiger partial charge in [0.05, 0.1) is 18.8 Å². The van der Waals surface area contributed by atoms with Crippen LogP contribution in [0.15, 0.2) is 0 Å². The minimum atomic E-state index is -0.895. The fourth-order valence-corrected chi connectivity index (χ4v) is 2.71. The van der Waals surface area contributed by atoms with E-state index in [2.05, 4.69) is 10.6 Å². The van der Waals surface area contributed by atoms with Gasteiger partial charge in [-0.1, -0.05) is 0 Å². The quantitative estimate of drug-likeness (QED) is 0.522. The normalized spacial score (nSPS) is 26.9. The van der Waals surface area contributed by atoms with Crippen molar-refractivity contribution in [3.8, 4) is 0 Å². The first kappa shape index (κ1) is 12.8. The molecule has 1 aliphatic carbocycles. The van der Waals surface area contributed by atoms with E-state index >= 15 is 0 Å². The maximum absolute atomic E-state index is 12.1. The van der Waals surface area contributed by atoms with E-state index in [1.54, 1.807) is 6.92 Å². The summed E-state index contributed by atoms with van der Waals surface area (Å²) in [5.74, 6) is 0.0551. The van der Waals surface area contributed by atoms with E-state index in [0.717, 1.165) is 32.4 Å². The molecule has 5 nitrogen and oxygen atoms in total. The van der Waals surface area contributed by atoms with Crippen LogP contribution in [-0.2, 0) is 4.79 Å². The fourth-order valence-electron chi connectivity index (χ4n) is 2.71. The molecule has 2 aliphatic rings. The average molecular weight is 242 g/mol. The standard InChI is InChI=1S/C12H22N2O3/c1-11(7-15,8-16)14-10(17)9-6-12(9)2-4-13-5-3-12/h9,13,15-16H,2-8H2,1H3,(H,14,17). The summed E-state index contributed by atoms with van der Waals surface area (Å²) in [5, 5.41) is 24.4. The predicted molar refractivity (Wildman–Crippen MR) is 63.4 cm³/mol. The summed E-state index contributed by atoms with van der Waals surface area (Å²) in [4.78, 5) is 12.1. The molecule has 1 saturated heterocycles. The van der Waals surface area contributed by atoms with Crippen molar-refractivity contribution in [2.45, 2.75) is 31.7 Å². The maximum atomic E-state index is 12.1. The number of amides is 1. The summed E-state index contributed by atoms with van der Waals surface area (Å²) in [6, 6.07) is 0. The first-order chi connectivity index (χ1) is 8.05. The molecule has 4 N–H and O–H groups in total. The monoisotopic (exact) mass is 242 g/mol. The smallest absolute Gasteiger partial charge is 0.224 e. The van der Waals surface area contributed by atoms with Crippen LogP contribution in [0.5, 0.6) is 0 Å². The van der Waals surface area contributed by atoms with E-state index in [9.17, 15) is 4.79 Å². The van der Waals surface area contributed by atoms with Crippen LogP contribution < -0.4 is 10.6 Å². The first-order valence-corrected chi connectivity index (χ1v) is 6.30. The van der Waals surface area contributed by atoms with Crippen molar-refractivity contribution in [1.82, 2.24) is 10.6 Å². The maximum Gasteiger partial charge on any atom is 0.224 e. The Bertz CT molecular complexity index is 296. The molecule has 0 bridgehead atoms. The van der Waals surface area contributed by atoms with E-state index < -0.39 is 5.54 Å². The molecule has 1 amide bonds. The van der Waals surface area contributed by atoms with Gasteiger partial charge in [-0.2, -0.15) is 0 Å². The van der Waals surface area contributed by atoms with Gasteiger partial charge in [-0.05, 0) is 44.7 Å². The molecular formula is C12H22N2O3. The number of hydrogen-bond donors (Lipinski definition) is 4. The molecule has 2 rings (SSSR count). The lowest BCUT2D eigenvalue weighted by molar-refractivity contribution is -0.126. The second-order valence-corrected chi connectivity index (χ2v) is 5.74.